The second-order valence-electron chi connectivity index (χ2n) is 2.91. The number of nitrogens with one attached hydrogen (secondary N) is 1. The van der Waals surface area contributed by atoms with Crippen molar-refractivity contribution in [3.05, 3.63) is 0 Å². The van der Waals surface area contributed by atoms with Crippen molar-refractivity contribution in [1.29, 1.82) is 0 Å². The average molecular weight is 262 g/mol. The molecule has 0 aromatic rings. The van der Waals surface area contributed by atoms with Crippen LogP contribution in [0.1, 0.15) is 48.0 Å². The van der Waals surface area contributed by atoms with Crippen molar-refractivity contribution >= 4 is 6.47 Å². The van der Waals surface area contributed by atoms with E-state index in [1.54, 1.807) is 0 Å². The molecule has 0 bridgehead atoms. The zero-order chi connectivity index (χ0) is 14.6. The van der Waals surface area contributed by atoms with Crippen molar-refractivity contribution in [2.75, 3.05) is 39.3 Å². The average Bonchev–Trinajstić information content (AvgIpc) is 2.51. The van der Waals surface area contributed by atoms with Crippen molar-refractivity contribution < 1.29 is 9.53 Å². The summed E-state index contributed by atoms with van der Waals surface area (Å²) < 4.78 is 4.60. The molecule has 0 amide bonds. The fraction of sp³-hybridized carbons (Fsp3) is 0.929. The summed E-state index contributed by atoms with van der Waals surface area (Å²) in [5.74, 6) is 0. The Kier molecular flexibility index (Phi) is 31.7. The van der Waals surface area contributed by atoms with E-state index in [9.17, 15) is 4.79 Å². The van der Waals surface area contributed by atoms with E-state index in [0.717, 1.165) is 39.1 Å². The van der Waals surface area contributed by atoms with E-state index < -0.39 is 0 Å². The molecule has 1 heterocycles. The first-order chi connectivity index (χ1) is 8.93. The van der Waals surface area contributed by atoms with E-state index in [4.69, 9.17) is 0 Å². The molecule has 1 aliphatic rings. The molecule has 0 unspecified atom stereocenters. The van der Waals surface area contributed by atoms with Crippen LogP contribution in [0.15, 0.2) is 0 Å². The van der Waals surface area contributed by atoms with Crippen LogP contribution in [0.5, 0.6) is 0 Å². The number of rotatable bonds is 5. The van der Waals surface area contributed by atoms with Gasteiger partial charge in [0.1, 0.15) is 0 Å². The van der Waals surface area contributed by atoms with Crippen LogP contribution in [0.3, 0.4) is 0 Å². The number of carbonyl (C=O) groups is 1. The molecule has 18 heavy (non-hydrogen) atoms. The maximum absolute atomic E-state index is 9.81. The normalized spacial score (nSPS) is 13.7. The molecule has 0 radical (unpaired) electrons. The fourth-order valence-corrected chi connectivity index (χ4v) is 1.35. The minimum absolute atomic E-state index is 0.512. The topological polar surface area (TPSA) is 41.6 Å². The lowest BCUT2D eigenvalue weighted by atomic mass is 10.3. The number of carbonyl (C=O) groups excluding carboxylic acids is 1. The first-order valence-corrected chi connectivity index (χ1v) is 7.42. The predicted molar refractivity (Wildman–Crippen MR) is 80.0 cm³/mol. The predicted octanol–water partition coefficient (Wildman–Crippen LogP) is 2.53. The largest absolute Gasteiger partial charge is 0.468 e. The highest BCUT2D eigenvalue weighted by molar-refractivity contribution is 5.36. The van der Waals surface area contributed by atoms with Gasteiger partial charge in [-0.05, 0) is 6.42 Å². The Morgan fingerprint density at radius 2 is 1.56 bits per heavy atom. The van der Waals surface area contributed by atoms with Crippen molar-refractivity contribution in [2.45, 2.75) is 48.0 Å². The van der Waals surface area contributed by atoms with Gasteiger partial charge < -0.3 is 15.0 Å². The lowest BCUT2D eigenvalue weighted by Gasteiger charge is -2.26. The van der Waals surface area contributed by atoms with E-state index in [-0.39, 0.29) is 0 Å². The van der Waals surface area contributed by atoms with Gasteiger partial charge in [0.2, 0.25) is 0 Å². The van der Waals surface area contributed by atoms with Crippen molar-refractivity contribution in [2.24, 2.45) is 0 Å². The van der Waals surface area contributed by atoms with Gasteiger partial charge in [-0.15, -0.1) is 0 Å². The highest BCUT2D eigenvalue weighted by atomic mass is 16.5. The Morgan fingerprint density at radius 1 is 1.06 bits per heavy atom. The van der Waals surface area contributed by atoms with Gasteiger partial charge in [0, 0.05) is 32.7 Å². The van der Waals surface area contributed by atoms with Crippen LogP contribution >= 0.6 is 0 Å². The van der Waals surface area contributed by atoms with Crippen molar-refractivity contribution in [3.8, 4) is 0 Å². The van der Waals surface area contributed by atoms with Crippen LogP contribution in [0, 0.1) is 0 Å². The zero-order valence-electron chi connectivity index (χ0n) is 13.3. The highest BCUT2D eigenvalue weighted by Crippen LogP contribution is 1.93. The van der Waals surface area contributed by atoms with Gasteiger partial charge in [0.05, 0.1) is 6.61 Å². The molecular weight excluding hydrogens is 228 g/mol. The third kappa shape index (κ3) is 17.8. The maximum atomic E-state index is 9.81. The molecule has 112 valence electrons. The highest BCUT2D eigenvalue weighted by Gasteiger charge is 2.07. The molecule has 1 saturated heterocycles. The molecular formula is C14H34N2O2. The Morgan fingerprint density at radius 3 is 2.00 bits per heavy atom. The van der Waals surface area contributed by atoms with Gasteiger partial charge in [-0.25, -0.2) is 0 Å². The monoisotopic (exact) mass is 262 g/mol. The minimum Gasteiger partial charge on any atom is -0.468 e. The maximum Gasteiger partial charge on any atom is 0.293 e. The summed E-state index contributed by atoms with van der Waals surface area (Å²) in [6, 6.07) is 0. The van der Waals surface area contributed by atoms with E-state index in [1.165, 1.54) is 0 Å². The van der Waals surface area contributed by atoms with Gasteiger partial charge in [0.15, 0.2) is 0 Å². The SMILES string of the molecule is CC.CC.CC.O=COCCCN1CCNCC1. The molecule has 1 N–H and O–H groups in total. The number of nitrogens with zero attached hydrogens (tertiary/aromatic N) is 1. The lowest BCUT2D eigenvalue weighted by Crippen LogP contribution is -2.43. The summed E-state index contributed by atoms with van der Waals surface area (Å²) in [5.41, 5.74) is 0. The molecule has 1 aliphatic heterocycles. The smallest absolute Gasteiger partial charge is 0.293 e. The number of ether oxygens (including phenoxy) is 1. The molecule has 0 aromatic carbocycles. The Hall–Kier alpha value is -0.610. The molecule has 0 aromatic heterocycles. The van der Waals surface area contributed by atoms with Crippen LogP contribution in [0.25, 0.3) is 0 Å². The van der Waals surface area contributed by atoms with Crippen LogP contribution in [-0.4, -0.2) is 50.7 Å². The molecule has 1 fully saturated rings. The Labute approximate surface area is 114 Å². The zero-order valence-corrected chi connectivity index (χ0v) is 13.3. The van der Waals surface area contributed by atoms with Gasteiger partial charge in [0.25, 0.3) is 6.47 Å². The van der Waals surface area contributed by atoms with Crippen LogP contribution < -0.4 is 5.32 Å². The minimum atomic E-state index is 0.512. The quantitative estimate of drug-likeness (QED) is 0.611. The number of piperazine rings is 1. The second kappa shape index (κ2) is 25.3. The van der Waals surface area contributed by atoms with E-state index in [2.05, 4.69) is 15.0 Å². The van der Waals surface area contributed by atoms with Crippen molar-refractivity contribution in [3.63, 3.8) is 0 Å². The van der Waals surface area contributed by atoms with Crippen molar-refractivity contribution in [1.82, 2.24) is 10.2 Å². The summed E-state index contributed by atoms with van der Waals surface area (Å²) in [4.78, 5) is 12.2. The second-order valence-corrected chi connectivity index (χ2v) is 2.91. The van der Waals surface area contributed by atoms with Gasteiger partial charge in [-0.3, -0.25) is 4.79 Å². The number of hydrogen-bond acceptors (Lipinski definition) is 4. The summed E-state index contributed by atoms with van der Waals surface area (Å²) >= 11 is 0. The Bertz CT molecular complexity index is 127. The number of hydrogen-bond donors (Lipinski definition) is 1. The van der Waals surface area contributed by atoms with Gasteiger partial charge >= 0.3 is 0 Å². The molecule has 1 rings (SSSR count). The molecule has 0 atom stereocenters. The molecule has 0 spiro atoms. The third-order valence-corrected chi connectivity index (χ3v) is 2.01. The molecule has 0 saturated carbocycles. The van der Waals surface area contributed by atoms with E-state index >= 15 is 0 Å². The van der Waals surface area contributed by atoms with Gasteiger partial charge in [-0.2, -0.15) is 0 Å². The molecule has 4 heteroatoms. The summed E-state index contributed by atoms with van der Waals surface area (Å²) in [7, 11) is 0. The van der Waals surface area contributed by atoms with Crippen LogP contribution in [0.4, 0.5) is 0 Å². The molecule has 0 aliphatic carbocycles. The fourth-order valence-electron chi connectivity index (χ4n) is 1.35. The first kappa shape index (κ1) is 22.6. The van der Waals surface area contributed by atoms with E-state index in [0.29, 0.717) is 13.1 Å². The third-order valence-electron chi connectivity index (χ3n) is 2.01. The summed E-state index contributed by atoms with van der Waals surface area (Å²) in [6.45, 7) is 18.5. The van der Waals surface area contributed by atoms with Gasteiger partial charge in [-0.1, -0.05) is 41.5 Å². The van der Waals surface area contributed by atoms with Crippen LogP contribution in [-0.2, 0) is 9.53 Å². The molecule has 4 nitrogen and oxygen atoms in total. The first-order valence-electron chi connectivity index (χ1n) is 7.42. The summed E-state index contributed by atoms with van der Waals surface area (Å²) in [6.07, 6.45) is 0.943. The van der Waals surface area contributed by atoms with E-state index in [1.807, 2.05) is 41.5 Å². The van der Waals surface area contributed by atoms with Crippen LogP contribution in [0.2, 0.25) is 0 Å². The summed E-state index contributed by atoms with van der Waals surface area (Å²) in [5, 5.41) is 3.29. The lowest BCUT2D eigenvalue weighted by molar-refractivity contribution is -0.128. The Balaban J connectivity index is -0.000000328. The standard InChI is InChI=1S/C8H16N2O2.3C2H6/c11-8-12-7-1-4-10-5-2-9-3-6-10;3*1-2/h8-9H,1-7H2;3*1-2H3.